The van der Waals surface area contributed by atoms with Crippen molar-refractivity contribution in [2.75, 3.05) is 6.54 Å². The zero-order valence-electron chi connectivity index (χ0n) is 10.1. The summed E-state index contributed by atoms with van der Waals surface area (Å²) >= 11 is 3.18. The van der Waals surface area contributed by atoms with Gasteiger partial charge in [0.05, 0.1) is 5.56 Å². The molecule has 1 N–H and O–H groups in total. The van der Waals surface area contributed by atoms with Crippen molar-refractivity contribution in [3.63, 3.8) is 0 Å². The van der Waals surface area contributed by atoms with Crippen LogP contribution in [0.2, 0.25) is 0 Å². The van der Waals surface area contributed by atoms with Gasteiger partial charge in [-0.1, -0.05) is 19.9 Å². The Hall–Kier alpha value is -0.900. The van der Waals surface area contributed by atoms with Crippen molar-refractivity contribution in [1.82, 2.24) is 5.32 Å². The van der Waals surface area contributed by atoms with Crippen LogP contribution in [-0.4, -0.2) is 12.5 Å². The molecule has 0 radical (unpaired) electrons. The quantitative estimate of drug-likeness (QED) is 0.825. The number of amides is 1. The van der Waals surface area contributed by atoms with Crippen LogP contribution in [0.25, 0.3) is 0 Å². The van der Waals surface area contributed by atoms with Gasteiger partial charge in [0, 0.05) is 11.0 Å². The molecule has 0 saturated heterocycles. The first-order chi connectivity index (χ1) is 8.02. The zero-order valence-corrected chi connectivity index (χ0v) is 11.7. The van der Waals surface area contributed by atoms with Gasteiger partial charge in [-0.3, -0.25) is 4.79 Å². The van der Waals surface area contributed by atoms with E-state index < -0.39 is 5.82 Å². The minimum Gasteiger partial charge on any atom is -0.352 e. The summed E-state index contributed by atoms with van der Waals surface area (Å²) < 4.78 is 13.9. The lowest BCUT2D eigenvalue weighted by Crippen LogP contribution is -2.26. The maximum Gasteiger partial charge on any atom is 0.255 e. The Morgan fingerprint density at radius 2 is 2.18 bits per heavy atom. The van der Waals surface area contributed by atoms with E-state index >= 15 is 0 Å². The molecule has 1 aromatic carbocycles. The Bertz CT molecular complexity index is 373. The van der Waals surface area contributed by atoms with E-state index in [1.165, 1.54) is 6.07 Å². The van der Waals surface area contributed by atoms with Crippen LogP contribution < -0.4 is 5.32 Å². The van der Waals surface area contributed by atoms with Crippen LogP contribution in [-0.2, 0) is 0 Å². The van der Waals surface area contributed by atoms with Crippen LogP contribution >= 0.6 is 15.9 Å². The van der Waals surface area contributed by atoms with Gasteiger partial charge in [-0.2, -0.15) is 0 Å². The third kappa shape index (κ3) is 4.46. The van der Waals surface area contributed by atoms with Crippen LogP contribution in [0.1, 0.15) is 37.0 Å². The zero-order chi connectivity index (χ0) is 12.8. The summed E-state index contributed by atoms with van der Waals surface area (Å²) in [4.78, 5) is 11.7. The predicted octanol–water partition coefficient (Wildman–Crippen LogP) is 3.75. The Morgan fingerprint density at radius 1 is 1.47 bits per heavy atom. The smallest absolute Gasteiger partial charge is 0.255 e. The molecule has 0 fully saturated rings. The van der Waals surface area contributed by atoms with Crippen LogP contribution in [0.4, 0.5) is 4.39 Å². The van der Waals surface area contributed by atoms with Crippen molar-refractivity contribution in [2.24, 2.45) is 5.92 Å². The SMILES string of the molecule is CC(C)CCCNC(=O)c1c(F)cccc1Br. The van der Waals surface area contributed by atoms with Crippen molar-refractivity contribution in [2.45, 2.75) is 26.7 Å². The summed E-state index contributed by atoms with van der Waals surface area (Å²) in [5.41, 5.74) is 0.0806. The van der Waals surface area contributed by atoms with Gasteiger partial charge in [0.15, 0.2) is 0 Å². The van der Waals surface area contributed by atoms with E-state index in [1.807, 2.05) is 0 Å². The van der Waals surface area contributed by atoms with Crippen molar-refractivity contribution < 1.29 is 9.18 Å². The number of carbonyl (C=O) groups excluding carboxylic acids is 1. The molecular weight excluding hydrogens is 285 g/mol. The van der Waals surface area contributed by atoms with Crippen molar-refractivity contribution >= 4 is 21.8 Å². The maximum absolute atomic E-state index is 13.4. The summed E-state index contributed by atoms with van der Waals surface area (Å²) in [6.45, 7) is 4.85. The Labute approximate surface area is 110 Å². The second-order valence-corrected chi connectivity index (χ2v) is 5.24. The van der Waals surface area contributed by atoms with E-state index in [2.05, 4.69) is 35.1 Å². The fraction of sp³-hybridized carbons (Fsp3) is 0.462. The minimum absolute atomic E-state index is 0.0806. The Kier molecular flexibility index (Phi) is 5.62. The Balaban J connectivity index is 2.53. The van der Waals surface area contributed by atoms with Gasteiger partial charge in [-0.05, 0) is 46.8 Å². The number of benzene rings is 1. The average molecular weight is 302 g/mol. The summed E-state index contributed by atoms with van der Waals surface area (Å²) in [6, 6.07) is 4.51. The van der Waals surface area contributed by atoms with Crippen molar-refractivity contribution in [1.29, 1.82) is 0 Å². The van der Waals surface area contributed by atoms with E-state index in [-0.39, 0.29) is 11.5 Å². The summed E-state index contributed by atoms with van der Waals surface area (Å²) in [5.74, 6) is -0.244. The van der Waals surface area contributed by atoms with Crippen molar-refractivity contribution in [3.05, 3.63) is 34.1 Å². The highest BCUT2D eigenvalue weighted by Gasteiger charge is 2.14. The molecule has 2 nitrogen and oxygen atoms in total. The number of rotatable bonds is 5. The molecule has 0 atom stereocenters. The molecule has 0 spiro atoms. The van der Waals surface area contributed by atoms with Gasteiger partial charge in [0.25, 0.3) is 5.91 Å². The van der Waals surface area contributed by atoms with Gasteiger partial charge in [-0.25, -0.2) is 4.39 Å². The molecule has 0 unspecified atom stereocenters. The molecular formula is C13H17BrFNO. The molecule has 0 aromatic heterocycles. The molecule has 0 heterocycles. The summed E-state index contributed by atoms with van der Waals surface area (Å²) in [6.07, 6.45) is 1.97. The lowest BCUT2D eigenvalue weighted by atomic mass is 10.1. The predicted molar refractivity (Wildman–Crippen MR) is 70.5 cm³/mol. The highest BCUT2D eigenvalue weighted by atomic mass is 79.9. The number of hydrogen-bond acceptors (Lipinski definition) is 1. The van der Waals surface area contributed by atoms with Gasteiger partial charge in [0.2, 0.25) is 0 Å². The molecule has 0 aliphatic rings. The first kappa shape index (κ1) is 14.2. The maximum atomic E-state index is 13.4. The standard InChI is InChI=1S/C13H17BrFNO/c1-9(2)5-4-8-16-13(17)12-10(14)6-3-7-11(12)15/h3,6-7,9H,4-5,8H2,1-2H3,(H,16,17). The first-order valence-corrected chi connectivity index (χ1v) is 6.54. The second kappa shape index (κ2) is 6.74. The normalized spacial score (nSPS) is 10.6. The number of halogens is 2. The third-order valence-electron chi connectivity index (χ3n) is 2.43. The number of carbonyl (C=O) groups is 1. The fourth-order valence-corrected chi connectivity index (χ4v) is 2.04. The van der Waals surface area contributed by atoms with Gasteiger partial charge in [0.1, 0.15) is 5.82 Å². The van der Waals surface area contributed by atoms with E-state index in [0.29, 0.717) is 16.9 Å². The molecule has 94 valence electrons. The lowest BCUT2D eigenvalue weighted by molar-refractivity contribution is 0.0947. The highest BCUT2D eigenvalue weighted by molar-refractivity contribution is 9.10. The largest absolute Gasteiger partial charge is 0.352 e. The molecule has 17 heavy (non-hydrogen) atoms. The average Bonchev–Trinajstić information content (AvgIpc) is 2.24. The molecule has 0 aliphatic heterocycles. The Morgan fingerprint density at radius 3 is 2.76 bits per heavy atom. The molecule has 0 bridgehead atoms. The van der Waals surface area contributed by atoms with Crippen LogP contribution in [0.5, 0.6) is 0 Å². The molecule has 1 aromatic rings. The van der Waals surface area contributed by atoms with Gasteiger partial charge in [-0.15, -0.1) is 0 Å². The summed E-state index contributed by atoms with van der Waals surface area (Å²) in [5, 5.41) is 2.73. The monoisotopic (exact) mass is 301 g/mol. The van der Waals surface area contributed by atoms with Crippen LogP contribution in [0.15, 0.2) is 22.7 Å². The number of hydrogen-bond donors (Lipinski definition) is 1. The van der Waals surface area contributed by atoms with Crippen LogP contribution in [0.3, 0.4) is 0 Å². The second-order valence-electron chi connectivity index (χ2n) is 4.39. The topological polar surface area (TPSA) is 29.1 Å². The lowest BCUT2D eigenvalue weighted by Gasteiger charge is -2.08. The number of nitrogens with one attached hydrogen (secondary N) is 1. The summed E-state index contributed by atoms with van der Waals surface area (Å²) in [7, 11) is 0. The van der Waals surface area contributed by atoms with E-state index in [4.69, 9.17) is 0 Å². The van der Waals surface area contributed by atoms with Gasteiger partial charge < -0.3 is 5.32 Å². The van der Waals surface area contributed by atoms with Crippen molar-refractivity contribution in [3.8, 4) is 0 Å². The van der Waals surface area contributed by atoms with Gasteiger partial charge >= 0.3 is 0 Å². The fourth-order valence-electron chi connectivity index (χ4n) is 1.52. The molecule has 0 aliphatic carbocycles. The highest BCUT2D eigenvalue weighted by Crippen LogP contribution is 2.19. The molecule has 4 heteroatoms. The van der Waals surface area contributed by atoms with Crippen LogP contribution in [0, 0.1) is 11.7 Å². The first-order valence-electron chi connectivity index (χ1n) is 5.74. The molecule has 0 saturated carbocycles. The minimum atomic E-state index is -0.499. The third-order valence-corrected chi connectivity index (χ3v) is 3.09. The molecule has 1 amide bonds. The molecule has 1 rings (SSSR count). The van der Waals surface area contributed by atoms with E-state index in [1.54, 1.807) is 12.1 Å². The van der Waals surface area contributed by atoms with E-state index in [9.17, 15) is 9.18 Å². The van der Waals surface area contributed by atoms with E-state index in [0.717, 1.165) is 12.8 Å².